The van der Waals surface area contributed by atoms with Crippen LogP contribution in [0.3, 0.4) is 0 Å². The highest BCUT2D eigenvalue weighted by Gasteiger charge is 2.24. The summed E-state index contributed by atoms with van der Waals surface area (Å²) in [5, 5.41) is 3.51. The van der Waals surface area contributed by atoms with Crippen LogP contribution in [-0.2, 0) is 0 Å². The molecule has 0 heterocycles. The maximum Gasteiger partial charge on any atom is 0.250 e. The van der Waals surface area contributed by atoms with E-state index >= 15 is 0 Å². The highest BCUT2D eigenvalue weighted by atomic mass is 16.1. The van der Waals surface area contributed by atoms with Gasteiger partial charge in [0.05, 0.1) is 16.9 Å². The molecule has 0 bridgehead atoms. The molecule has 2 rings (SSSR count). The van der Waals surface area contributed by atoms with E-state index in [-0.39, 0.29) is 0 Å². The molecule has 5 N–H and O–H groups in total. The summed E-state index contributed by atoms with van der Waals surface area (Å²) in [6, 6.07) is 5.86. The van der Waals surface area contributed by atoms with E-state index in [4.69, 9.17) is 11.5 Å². The molecular formula is C15H23N3O. The lowest BCUT2D eigenvalue weighted by atomic mass is 9.82. The minimum absolute atomic E-state index is 0.397. The van der Waals surface area contributed by atoms with E-state index in [0.717, 1.165) is 5.69 Å². The molecule has 0 aliphatic heterocycles. The van der Waals surface area contributed by atoms with E-state index < -0.39 is 5.91 Å². The predicted octanol–water partition coefficient (Wildman–Crippen LogP) is 2.75. The third-order valence-electron chi connectivity index (χ3n) is 4.15. The Labute approximate surface area is 114 Å². The first-order chi connectivity index (χ1) is 9.13. The Hall–Kier alpha value is -1.71. The summed E-state index contributed by atoms with van der Waals surface area (Å²) in [6.07, 6.45) is 6.17. The zero-order valence-corrected chi connectivity index (χ0v) is 11.5. The number of carbonyl (C=O) groups excluding carboxylic acids is 1. The standard InChI is InChI=1S/C15H23N3O/c1-2-10-6-3-4-8-12(10)18-13-9-5-7-11(14(13)16)15(17)19/h5,7,9-10,12,18H,2-4,6,8,16H2,1H3,(H2,17,19). The van der Waals surface area contributed by atoms with Gasteiger partial charge < -0.3 is 16.8 Å². The smallest absolute Gasteiger partial charge is 0.250 e. The molecule has 1 aliphatic rings. The first kappa shape index (κ1) is 13.7. The van der Waals surface area contributed by atoms with Crippen LogP contribution in [0.15, 0.2) is 18.2 Å². The second-order valence-corrected chi connectivity index (χ2v) is 5.33. The van der Waals surface area contributed by atoms with Crippen molar-refractivity contribution >= 4 is 17.3 Å². The van der Waals surface area contributed by atoms with Crippen molar-refractivity contribution in [3.63, 3.8) is 0 Å². The molecule has 19 heavy (non-hydrogen) atoms. The Morgan fingerprint density at radius 2 is 2.11 bits per heavy atom. The minimum atomic E-state index is -0.475. The van der Waals surface area contributed by atoms with Crippen molar-refractivity contribution in [2.45, 2.75) is 45.1 Å². The average Bonchev–Trinajstić information content (AvgIpc) is 2.41. The molecule has 1 aromatic rings. The van der Waals surface area contributed by atoms with E-state index in [1.54, 1.807) is 6.07 Å². The van der Waals surface area contributed by atoms with Gasteiger partial charge in [-0.25, -0.2) is 0 Å². The molecule has 104 valence electrons. The molecule has 0 spiro atoms. The topological polar surface area (TPSA) is 81.1 Å². The fourth-order valence-corrected chi connectivity index (χ4v) is 2.99. The van der Waals surface area contributed by atoms with E-state index in [0.29, 0.717) is 23.2 Å². The van der Waals surface area contributed by atoms with Crippen LogP contribution < -0.4 is 16.8 Å². The zero-order valence-electron chi connectivity index (χ0n) is 11.5. The van der Waals surface area contributed by atoms with Gasteiger partial charge in [-0.15, -0.1) is 0 Å². The fourth-order valence-electron chi connectivity index (χ4n) is 2.99. The number of rotatable bonds is 4. The van der Waals surface area contributed by atoms with E-state index in [1.807, 2.05) is 12.1 Å². The Bertz CT molecular complexity index is 459. The highest BCUT2D eigenvalue weighted by Crippen LogP contribution is 2.31. The van der Waals surface area contributed by atoms with Crippen molar-refractivity contribution in [1.82, 2.24) is 0 Å². The largest absolute Gasteiger partial charge is 0.396 e. The monoisotopic (exact) mass is 261 g/mol. The third kappa shape index (κ3) is 3.00. The number of nitrogens with two attached hydrogens (primary N) is 2. The molecule has 2 unspecified atom stereocenters. The number of benzene rings is 1. The van der Waals surface area contributed by atoms with Gasteiger partial charge in [0.2, 0.25) is 0 Å². The number of anilines is 2. The summed E-state index contributed by atoms with van der Waals surface area (Å²) in [7, 11) is 0. The summed E-state index contributed by atoms with van der Waals surface area (Å²) in [5.41, 5.74) is 13.0. The summed E-state index contributed by atoms with van der Waals surface area (Å²) in [5.74, 6) is 0.210. The molecule has 1 aromatic carbocycles. The number of primary amides is 1. The second kappa shape index (κ2) is 5.95. The van der Waals surface area contributed by atoms with Crippen LogP contribution in [0.2, 0.25) is 0 Å². The molecule has 0 radical (unpaired) electrons. The number of nitrogen functional groups attached to an aromatic ring is 1. The van der Waals surface area contributed by atoms with Gasteiger partial charge in [0, 0.05) is 6.04 Å². The predicted molar refractivity (Wildman–Crippen MR) is 79.0 cm³/mol. The SMILES string of the molecule is CCC1CCCCC1Nc1cccc(C(N)=O)c1N. The van der Waals surface area contributed by atoms with Gasteiger partial charge in [-0.2, -0.15) is 0 Å². The van der Waals surface area contributed by atoms with Crippen molar-refractivity contribution < 1.29 is 4.79 Å². The molecule has 1 aliphatic carbocycles. The summed E-state index contributed by atoms with van der Waals surface area (Å²) < 4.78 is 0. The van der Waals surface area contributed by atoms with E-state index in [2.05, 4.69) is 12.2 Å². The van der Waals surface area contributed by atoms with Crippen LogP contribution in [0.5, 0.6) is 0 Å². The molecular weight excluding hydrogens is 238 g/mol. The van der Waals surface area contributed by atoms with E-state index in [9.17, 15) is 4.79 Å². The van der Waals surface area contributed by atoms with Crippen molar-refractivity contribution in [1.29, 1.82) is 0 Å². The number of para-hydroxylation sites is 1. The number of amides is 1. The van der Waals surface area contributed by atoms with Gasteiger partial charge in [-0.05, 0) is 30.9 Å². The number of hydrogen-bond acceptors (Lipinski definition) is 3. The average molecular weight is 261 g/mol. The lowest BCUT2D eigenvalue weighted by Crippen LogP contribution is -2.32. The maximum absolute atomic E-state index is 11.3. The lowest BCUT2D eigenvalue weighted by Gasteiger charge is -2.32. The maximum atomic E-state index is 11.3. The number of nitrogens with one attached hydrogen (secondary N) is 1. The van der Waals surface area contributed by atoms with Gasteiger partial charge >= 0.3 is 0 Å². The zero-order chi connectivity index (χ0) is 13.8. The van der Waals surface area contributed by atoms with Crippen molar-refractivity contribution in [2.75, 3.05) is 11.1 Å². The highest BCUT2D eigenvalue weighted by molar-refractivity contribution is 6.00. The van der Waals surface area contributed by atoms with Crippen LogP contribution in [0.1, 0.15) is 49.4 Å². The van der Waals surface area contributed by atoms with Crippen LogP contribution in [0.4, 0.5) is 11.4 Å². The number of carbonyl (C=O) groups is 1. The molecule has 4 nitrogen and oxygen atoms in total. The molecule has 2 atom stereocenters. The van der Waals surface area contributed by atoms with Crippen LogP contribution in [0, 0.1) is 5.92 Å². The van der Waals surface area contributed by atoms with Crippen LogP contribution in [-0.4, -0.2) is 11.9 Å². The Morgan fingerprint density at radius 3 is 2.79 bits per heavy atom. The third-order valence-corrected chi connectivity index (χ3v) is 4.15. The van der Waals surface area contributed by atoms with Crippen LogP contribution in [0.25, 0.3) is 0 Å². The molecule has 0 aromatic heterocycles. The Morgan fingerprint density at radius 1 is 1.37 bits per heavy atom. The van der Waals surface area contributed by atoms with Crippen molar-refractivity contribution in [3.8, 4) is 0 Å². The van der Waals surface area contributed by atoms with Crippen molar-refractivity contribution in [3.05, 3.63) is 23.8 Å². The first-order valence-corrected chi connectivity index (χ1v) is 7.08. The molecule has 1 saturated carbocycles. The van der Waals surface area contributed by atoms with Crippen molar-refractivity contribution in [2.24, 2.45) is 11.7 Å². The van der Waals surface area contributed by atoms with Crippen LogP contribution >= 0.6 is 0 Å². The van der Waals surface area contributed by atoms with Gasteiger partial charge in [0.1, 0.15) is 0 Å². The summed E-state index contributed by atoms with van der Waals surface area (Å²) >= 11 is 0. The fraction of sp³-hybridized carbons (Fsp3) is 0.533. The molecule has 1 amide bonds. The molecule has 0 saturated heterocycles. The molecule has 4 heteroatoms. The number of hydrogen-bond donors (Lipinski definition) is 3. The molecule has 1 fully saturated rings. The Kier molecular flexibility index (Phi) is 4.30. The lowest BCUT2D eigenvalue weighted by molar-refractivity contribution is 0.100. The van der Waals surface area contributed by atoms with Gasteiger partial charge in [0.15, 0.2) is 0 Å². The first-order valence-electron chi connectivity index (χ1n) is 7.08. The summed E-state index contributed by atoms with van der Waals surface area (Å²) in [4.78, 5) is 11.3. The van der Waals surface area contributed by atoms with Gasteiger partial charge in [-0.1, -0.05) is 32.3 Å². The summed E-state index contributed by atoms with van der Waals surface area (Å²) in [6.45, 7) is 2.23. The quantitative estimate of drug-likeness (QED) is 0.729. The Balaban J connectivity index is 2.18. The minimum Gasteiger partial charge on any atom is -0.396 e. The van der Waals surface area contributed by atoms with Gasteiger partial charge in [0.25, 0.3) is 5.91 Å². The van der Waals surface area contributed by atoms with E-state index in [1.165, 1.54) is 32.1 Å². The van der Waals surface area contributed by atoms with Gasteiger partial charge in [-0.3, -0.25) is 4.79 Å². The normalized spacial score (nSPS) is 23.0. The second-order valence-electron chi connectivity index (χ2n) is 5.33.